The van der Waals surface area contributed by atoms with Crippen LogP contribution in [0.15, 0.2) is 42.1 Å². The van der Waals surface area contributed by atoms with Crippen LogP contribution >= 0.6 is 11.3 Å². The summed E-state index contributed by atoms with van der Waals surface area (Å²) in [6, 6.07) is 11.6. The van der Waals surface area contributed by atoms with Crippen molar-refractivity contribution in [2.75, 3.05) is 0 Å². The highest BCUT2D eigenvalue weighted by atomic mass is 32.1. The lowest BCUT2D eigenvalue weighted by Gasteiger charge is -2.04. The maximum absolute atomic E-state index is 12.3. The van der Waals surface area contributed by atoms with Crippen LogP contribution in [0.4, 0.5) is 0 Å². The lowest BCUT2D eigenvalue weighted by Crippen LogP contribution is -2.24. The van der Waals surface area contributed by atoms with Gasteiger partial charge >= 0.3 is 0 Å². The Labute approximate surface area is 143 Å². The Hall–Kier alpha value is -2.91. The number of hydrogen-bond acceptors (Lipinski definition) is 4. The number of carbonyl (C=O) groups excluding carboxylic acids is 1. The number of rotatable bonds is 4. The normalized spacial score (nSPS) is 11.5. The quantitative estimate of drug-likeness (QED) is 0.587. The molecule has 6 heteroatoms. The zero-order chi connectivity index (χ0) is 17.1. The summed E-state index contributed by atoms with van der Waals surface area (Å²) >= 11 is 1.58. The summed E-state index contributed by atoms with van der Waals surface area (Å²) in [5.41, 5.74) is 2.62. The molecule has 0 saturated heterocycles. The van der Waals surface area contributed by atoms with E-state index in [4.69, 9.17) is 0 Å². The van der Waals surface area contributed by atoms with Crippen molar-refractivity contribution >= 4 is 28.3 Å². The molecule has 120 valence electrons. The number of fused-ring (bicyclic) bond motifs is 1. The summed E-state index contributed by atoms with van der Waals surface area (Å²) in [4.78, 5) is 18.8. The number of nitrogens with one attached hydrogen (secondary N) is 1. The number of hydrogen-bond donors (Lipinski definition) is 1. The van der Waals surface area contributed by atoms with Gasteiger partial charge in [0.25, 0.3) is 5.91 Å². The summed E-state index contributed by atoms with van der Waals surface area (Å²) in [5, 5.41) is 12.1. The van der Waals surface area contributed by atoms with Crippen molar-refractivity contribution in [1.82, 2.24) is 14.7 Å². The Balaban J connectivity index is 1.84. The molecule has 3 aromatic rings. The fraction of sp³-hybridized carbons (Fsp3) is 0.167. The molecule has 0 aliphatic heterocycles. The first-order valence-corrected chi connectivity index (χ1v) is 8.29. The molecular formula is C18H16N4OS. The number of amides is 1. The number of nitrogens with zero attached hydrogens (tertiary/aromatic N) is 3. The molecule has 0 fully saturated rings. The molecule has 0 saturated carbocycles. The summed E-state index contributed by atoms with van der Waals surface area (Å²) in [5.74, 6) is -0.386. The largest absolute Gasteiger partial charge is 0.347 e. The van der Waals surface area contributed by atoms with E-state index in [1.165, 1.54) is 0 Å². The molecule has 1 amide bonds. The van der Waals surface area contributed by atoms with Crippen molar-refractivity contribution in [1.29, 1.82) is 5.26 Å². The Kier molecular flexibility index (Phi) is 4.45. The molecule has 5 nitrogen and oxygen atoms in total. The molecular weight excluding hydrogens is 320 g/mol. The minimum absolute atomic E-state index is 0.0692. The van der Waals surface area contributed by atoms with Crippen LogP contribution in [0.2, 0.25) is 0 Å². The van der Waals surface area contributed by atoms with Gasteiger partial charge in [0.1, 0.15) is 11.6 Å². The van der Waals surface area contributed by atoms with Crippen molar-refractivity contribution in [3.8, 4) is 6.07 Å². The van der Waals surface area contributed by atoms with Gasteiger partial charge in [-0.15, -0.1) is 11.3 Å². The lowest BCUT2D eigenvalue weighted by molar-refractivity contribution is -0.117. The number of imidazole rings is 1. The number of aromatic nitrogens is 2. The molecule has 0 atom stereocenters. The van der Waals surface area contributed by atoms with Gasteiger partial charge in [-0.1, -0.05) is 30.3 Å². The smallest absolute Gasteiger partial charge is 0.262 e. The highest BCUT2D eigenvalue weighted by molar-refractivity contribution is 7.17. The van der Waals surface area contributed by atoms with Crippen LogP contribution < -0.4 is 5.32 Å². The third-order valence-corrected chi connectivity index (χ3v) is 4.50. The molecule has 0 unspecified atom stereocenters. The number of thiazole rings is 1. The zero-order valence-electron chi connectivity index (χ0n) is 13.4. The Bertz CT molecular complexity index is 960. The van der Waals surface area contributed by atoms with Crippen LogP contribution in [0.3, 0.4) is 0 Å². The van der Waals surface area contributed by atoms with Crippen molar-refractivity contribution in [3.05, 3.63) is 63.9 Å². The van der Waals surface area contributed by atoms with Gasteiger partial charge in [0.15, 0.2) is 4.96 Å². The topological polar surface area (TPSA) is 70.2 Å². The third-order valence-electron chi connectivity index (χ3n) is 3.60. The Morgan fingerprint density at radius 2 is 2.12 bits per heavy atom. The van der Waals surface area contributed by atoms with Gasteiger partial charge in [-0.25, -0.2) is 4.98 Å². The predicted octanol–water partition coefficient (Wildman–Crippen LogP) is 3.24. The van der Waals surface area contributed by atoms with Crippen LogP contribution in [0.5, 0.6) is 0 Å². The fourth-order valence-corrected chi connectivity index (χ4v) is 3.29. The van der Waals surface area contributed by atoms with Crippen molar-refractivity contribution in [2.45, 2.75) is 20.4 Å². The lowest BCUT2D eigenvalue weighted by atomic mass is 10.2. The number of carbonyl (C=O) groups is 1. The average Bonchev–Trinajstić information content (AvgIpc) is 3.07. The van der Waals surface area contributed by atoms with E-state index < -0.39 is 0 Å². The van der Waals surface area contributed by atoms with Crippen molar-refractivity contribution < 1.29 is 4.79 Å². The second-order valence-electron chi connectivity index (χ2n) is 5.41. The van der Waals surface area contributed by atoms with Crippen LogP contribution in [-0.2, 0) is 11.3 Å². The van der Waals surface area contributed by atoms with Gasteiger partial charge in [-0.3, -0.25) is 9.20 Å². The van der Waals surface area contributed by atoms with Gasteiger partial charge in [0, 0.05) is 17.6 Å². The van der Waals surface area contributed by atoms with Gasteiger partial charge < -0.3 is 5.32 Å². The molecule has 0 radical (unpaired) electrons. The van der Waals surface area contributed by atoms with E-state index in [9.17, 15) is 10.1 Å². The number of aryl methyl sites for hydroxylation is 2. The molecule has 3 rings (SSSR count). The van der Waals surface area contributed by atoms with E-state index in [0.717, 1.165) is 26.8 Å². The first-order chi connectivity index (χ1) is 11.6. The van der Waals surface area contributed by atoms with Gasteiger partial charge in [-0.2, -0.15) is 5.26 Å². The summed E-state index contributed by atoms with van der Waals surface area (Å²) < 4.78 is 1.91. The summed E-state index contributed by atoms with van der Waals surface area (Å²) in [6.45, 7) is 4.26. The third kappa shape index (κ3) is 3.21. The predicted molar refractivity (Wildman–Crippen MR) is 94.4 cm³/mol. The standard InChI is InChI=1S/C18H16N4OS/c1-12-11-22-16(13(2)21-18(22)24-12)8-15(9-19)17(23)20-10-14-6-4-3-5-7-14/h3-8,11H,10H2,1-2H3,(H,20,23)/b15-8+. The van der Waals surface area contributed by atoms with Gasteiger partial charge in [-0.05, 0) is 25.5 Å². The second-order valence-corrected chi connectivity index (χ2v) is 6.63. The molecule has 2 aromatic heterocycles. The maximum atomic E-state index is 12.3. The molecule has 1 N–H and O–H groups in total. The summed E-state index contributed by atoms with van der Waals surface area (Å²) in [7, 11) is 0. The van der Waals surface area contributed by atoms with E-state index >= 15 is 0 Å². The first kappa shape index (κ1) is 16.0. The molecule has 0 aliphatic carbocycles. The summed E-state index contributed by atoms with van der Waals surface area (Å²) in [6.07, 6.45) is 3.56. The molecule has 24 heavy (non-hydrogen) atoms. The highest BCUT2D eigenvalue weighted by Gasteiger charge is 2.14. The molecule has 0 aliphatic rings. The average molecular weight is 336 g/mol. The fourth-order valence-electron chi connectivity index (χ4n) is 2.41. The van der Waals surface area contributed by atoms with E-state index in [0.29, 0.717) is 6.54 Å². The zero-order valence-corrected chi connectivity index (χ0v) is 14.2. The first-order valence-electron chi connectivity index (χ1n) is 7.47. The van der Waals surface area contributed by atoms with Crippen LogP contribution in [0.25, 0.3) is 11.0 Å². The minimum atomic E-state index is -0.386. The van der Waals surface area contributed by atoms with Crippen LogP contribution in [-0.4, -0.2) is 15.3 Å². The van der Waals surface area contributed by atoms with E-state index in [1.807, 2.05) is 60.8 Å². The van der Waals surface area contributed by atoms with E-state index in [1.54, 1.807) is 17.4 Å². The molecule has 0 spiro atoms. The van der Waals surface area contributed by atoms with Gasteiger partial charge in [0.05, 0.1) is 11.4 Å². The van der Waals surface area contributed by atoms with Crippen LogP contribution in [0, 0.1) is 25.2 Å². The Morgan fingerprint density at radius 1 is 1.38 bits per heavy atom. The molecule has 0 bridgehead atoms. The number of nitriles is 1. The van der Waals surface area contributed by atoms with E-state index in [2.05, 4.69) is 10.3 Å². The van der Waals surface area contributed by atoms with E-state index in [-0.39, 0.29) is 11.5 Å². The number of benzene rings is 1. The Morgan fingerprint density at radius 3 is 2.83 bits per heavy atom. The van der Waals surface area contributed by atoms with Gasteiger partial charge in [0.2, 0.25) is 0 Å². The highest BCUT2D eigenvalue weighted by Crippen LogP contribution is 2.22. The second kappa shape index (κ2) is 6.69. The van der Waals surface area contributed by atoms with Crippen molar-refractivity contribution in [3.63, 3.8) is 0 Å². The van der Waals surface area contributed by atoms with Crippen molar-refractivity contribution in [2.24, 2.45) is 0 Å². The molecule has 2 heterocycles. The monoisotopic (exact) mass is 336 g/mol. The molecule has 1 aromatic carbocycles. The SMILES string of the molecule is Cc1cn2c(/C=C(\C#N)C(=O)NCc3ccccc3)c(C)nc2s1. The minimum Gasteiger partial charge on any atom is -0.347 e. The van der Waals surface area contributed by atoms with Crippen LogP contribution in [0.1, 0.15) is 21.8 Å². The maximum Gasteiger partial charge on any atom is 0.262 e.